The van der Waals surface area contributed by atoms with Crippen LogP contribution in [0.3, 0.4) is 0 Å². The third kappa shape index (κ3) is 3.78. The van der Waals surface area contributed by atoms with Crippen LogP contribution in [0.15, 0.2) is 16.5 Å². The lowest BCUT2D eigenvalue weighted by Crippen LogP contribution is -2.37. The zero-order valence-electron chi connectivity index (χ0n) is 10.6. The molecule has 0 radical (unpaired) electrons. The maximum absolute atomic E-state index is 11.7. The molecule has 0 aliphatic carbocycles. The van der Waals surface area contributed by atoms with Crippen molar-refractivity contribution in [3.63, 3.8) is 0 Å². The van der Waals surface area contributed by atoms with Gasteiger partial charge in [-0.05, 0) is 32.0 Å². The van der Waals surface area contributed by atoms with Gasteiger partial charge in [-0.3, -0.25) is 14.9 Å². The maximum Gasteiger partial charge on any atom is 0.433 e. The number of piperidine rings is 1. The Bertz CT molecular complexity index is 452. The molecule has 0 unspecified atom stereocenters. The third-order valence-electron chi connectivity index (χ3n) is 3.16. The zero-order valence-corrected chi connectivity index (χ0v) is 10.6. The molecule has 0 saturated carbocycles. The highest BCUT2D eigenvalue weighted by molar-refractivity contribution is 5.91. The van der Waals surface area contributed by atoms with Gasteiger partial charge < -0.3 is 14.6 Å². The number of rotatable bonds is 5. The molecule has 1 amide bonds. The van der Waals surface area contributed by atoms with Gasteiger partial charge in [-0.25, -0.2) is 0 Å². The molecule has 7 nitrogen and oxygen atoms in total. The summed E-state index contributed by atoms with van der Waals surface area (Å²) in [5, 5.41) is 13.1. The number of nitrogens with one attached hydrogen (secondary N) is 1. The van der Waals surface area contributed by atoms with Crippen LogP contribution in [0.5, 0.6) is 0 Å². The van der Waals surface area contributed by atoms with E-state index in [1.807, 2.05) is 0 Å². The normalized spacial score (nSPS) is 16.2. The second-order valence-electron chi connectivity index (χ2n) is 4.55. The summed E-state index contributed by atoms with van der Waals surface area (Å²) < 4.78 is 4.82. The standard InChI is InChI=1S/C12H17N3O4/c16-12(10-4-5-11(19-10)15(17)18)13-6-9-14-7-2-1-3-8-14/h4-5H,1-3,6-9H2,(H,13,16). The third-order valence-corrected chi connectivity index (χ3v) is 3.16. The van der Waals surface area contributed by atoms with E-state index in [1.54, 1.807) is 0 Å². The van der Waals surface area contributed by atoms with Gasteiger partial charge in [0.25, 0.3) is 5.91 Å². The Kier molecular flexibility index (Phi) is 4.51. The van der Waals surface area contributed by atoms with E-state index in [9.17, 15) is 14.9 Å². The molecule has 2 rings (SSSR count). The largest absolute Gasteiger partial charge is 0.433 e. The summed E-state index contributed by atoms with van der Waals surface area (Å²) >= 11 is 0. The number of hydrogen-bond donors (Lipinski definition) is 1. The average Bonchev–Trinajstić information content (AvgIpc) is 2.89. The predicted octanol–water partition coefficient (Wildman–Crippen LogP) is 1.40. The molecule has 2 heterocycles. The molecule has 0 spiro atoms. The van der Waals surface area contributed by atoms with Crippen molar-refractivity contribution in [2.45, 2.75) is 19.3 Å². The van der Waals surface area contributed by atoms with E-state index in [-0.39, 0.29) is 5.76 Å². The molecule has 1 aliphatic rings. The number of nitro groups is 1. The lowest BCUT2D eigenvalue weighted by molar-refractivity contribution is -0.402. The van der Waals surface area contributed by atoms with Crippen molar-refractivity contribution in [1.29, 1.82) is 0 Å². The van der Waals surface area contributed by atoms with Gasteiger partial charge in [0.15, 0.2) is 5.76 Å². The van der Waals surface area contributed by atoms with E-state index >= 15 is 0 Å². The van der Waals surface area contributed by atoms with E-state index < -0.39 is 16.7 Å². The summed E-state index contributed by atoms with van der Waals surface area (Å²) in [6.45, 7) is 3.46. The molecule has 0 atom stereocenters. The van der Waals surface area contributed by atoms with Gasteiger partial charge in [0.2, 0.25) is 0 Å². The van der Waals surface area contributed by atoms with Gasteiger partial charge in [0, 0.05) is 13.1 Å². The molecule has 1 fully saturated rings. The van der Waals surface area contributed by atoms with E-state index in [4.69, 9.17) is 4.42 Å². The first-order valence-electron chi connectivity index (χ1n) is 6.41. The number of nitrogens with zero attached hydrogens (tertiary/aromatic N) is 2. The Hall–Kier alpha value is -1.89. The van der Waals surface area contributed by atoms with Crippen LogP contribution >= 0.6 is 0 Å². The second kappa shape index (κ2) is 6.33. The van der Waals surface area contributed by atoms with Crippen LogP contribution in [0.1, 0.15) is 29.8 Å². The highest BCUT2D eigenvalue weighted by Crippen LogP contribution is 2.15. The number of amides is 1. The molecule has 1 aliphatic heterocycles. The number of hydrogen-bond acceptors (Lipinski definition) is 5. The first-order chi connectivity index (χ1) is 9.16. The van der Waals surface area contributed by atoms with Gasteiger partial charge in [0.05, 0.1) is 6.07 Å². The molecule has 7 heteroatoms. The van der Waals surface area contributed by atoms with Crippen molar-refractivity contribution in [3.05, 3.63) is 28.0 Å². The Morgan fingerprint density at radius 2 is 2.11 bits per heavy atom. The van der Waals surface area contributed by atoms with Crippen LogP contribution in [-0.2, 0) is 0 Å². The molecule has 1 aromatic heterocycles. The number of carbonyl (C=O) groups is 1. The first kappa shape index (κ1) is 13.5. The van der Waals surface area contributed by atoms with Gasteiger partial charge in [0.1, 0.15) is 4.92 Å². The fraction of sp³-hybridized carbons (Fsp3) is 0.583. The topological polar surface area (TPSA) is 88.6 Å². The smallest absolute Gasteiger partial charge is 0.395 e. The minimum absolute atomic E-state index is 0.0228. The van der Waals surface area contributed by atoms with Crippen molar-refractivity contribution in [1.82, 2.24) is 10.2 Å². The SMILES string of the molecule is O=C(NCCN1CCCCC1)c1ccc([N+](=O)[O-])o1. The van der Waals surface area contributed by atoms with Crippen LogP contribution in [0, 0.1) is 10.1 Å². The van der Waals surface area contributed by atoms with E-state index in [1.165, 1.54) is 31.4 Å². The predicted molar refractivity (Wildman–Crippen MR) is 68.0 cm³/mol. The first-order valence-corrected chi connectivity index (χ1v) is 6.41. The fourth-order valence-corrected chi connectivity index (χ4v) is 2.15. The van der Waals surface area contributed by atoms with Crippen molar-refractivity contribution in [3.8, 4) is 0 Å². The summed E-state index contributed by atoms with van der Waals surface area (Å²) in [5.41, 5.74) is 0. The van der Waals surface area contributed by atoms with Crippen LogP contribution in [0.2, 0.25) is 0 Å². The van der Waals surface area contributed by atoms with Gasteiger partial charge >= 0.3 is 5.88 Å². The van der Waals surface area contributed by atoms with Gasteiger partial charge in [-0.1, -0.05) is 6.42 Å². The summed E-state index contributed by atoms with van der Waals surface area (Å²) in [7, 11) is 0. The highest BCUT2D eigenvalue weighted by Gasteiger charge is 2.17. The van der Waals surface area contributed by atoms with Gasteiger partial charge in [-0.2, -0.15) is 0 Å². The Morgan fingerprint density at radius 1 is 1.37 bits per heavy atom. The van der Waals surface area contributed by atoms with Crippen LogP contribution in [-0.4, -0.2) is 41.9 Å². The zero-order chi connectivity index (χ0) is 13.7. The molecular formula is C12H17N3O4. The molecule has 0 bridgehead atoms. The van der Waals surface area contributed by atoms with Crippen LogP contribution in [0.25, 0.3) is 0 Å². The molecule has 1 N–H and O–H groups in total. The molecule has 104 valence electrons. The Morgan fingerprint density at radius 3 is 2.74 bits per heavy atom. The maximum atomic E-state index is 11.7. The number of likely N-dealkylation sites (tertiary alicyclic amines) is 1. The quantitative estimate of drug-likeness (QED) is 0.643. The lowest BCUT2D eigenvalue weighted by Gasteiger charge is -2.26. The summed E-state index contributed by atoms with van der Waals surface area (Å²) in [6.07, 6.45) is 3.69. The summed E-state index contributed by atoms with van der Waals surface area (Å²) in [4.78, 5) is 23.7. The average molecular weight is 267 g/mol. The lowest BCUT2D eigenvalue weighted by atomic mass is 10.1. The van der Waals surface area contributed by atoms with E-state index in [2.05, 4.69) is 10.2 Å². The minimum atomic E-state index is -0.662. The molecular weight excluding hydrogens is 250 g/mol. The highest BCUT2D eigenvalue weighted by atomic mass is 16.6. The monoisotopic (exact) mass is 267 g/mol. The molecule has 1 saturated heterocycles. The molecule has 1 aromatic rings. The summed E-state index contributed by atoms with van der Waals surface area (Å²) in [6, 6.07) is 2.49. The van der Waals surface area contributed by atoms with Crippen LogP contribution in [0.4, 0.5) is 5.88 Å². The van der Waals surface area contributed by atoms with E-state index in [0.717, 1.165) is 19.6 Å². The fourth-order valence-electron chi connectivity index (χ4n) is 2.15. The molecule has 19 heavy (non-hydrogen) atoms. The Balaban J connectivity index is 1.75. The van der Waals surface area contributed by atoms with Crippen molar-refractivity contribution >= 4 is 11.8 Å². The van der Waals surface area contributed by atoms with E-state index in [0.29, 0.717) is 6.54 Å². The molecule has 0 aromatic carbocycles. The van der Waals surface area contributed by atoms with Crippen molar-refractivity contribution in [2.24, 2.45) is 0 Å². The summed E-state index contributed by atoms with van der Waals surface area (Å²) in [5.74, 6) is -0.850. The van der Waals surface area contributed by atoms with Crippen molar-refractivity contribution in [2.75, 3.05) is 26.2 Å². The van der Waals surface area contributed by atoms with Crippen LogP contribution < -0.4 is 5.32 Å². The Labute approximate surface area is 110 Å². The van der Waals surface area contributed by atoms with Gasteiger partial charge in [-0.15, -0.1) is 0 Å². The number of carbonyl (C=O) groups excluding carboxylic acids is 1. The second-order valence-corrected chi connectivity index (χ2v) is 4.55. The van der Waals surface area contributed by atoms with Crippen molar-refractivity contribution < 1.29 is 14.1 Å². The minimum Gasteiger partial charge on any atom is -0.395 e. The number of furan rings is 1.